The summed E-state index contributed by atoms with van der Waals surface area (Å²) in [7, 11) is 0. The number of carbonyl (C=O) groups excluding carboxylic acids is 1. The van der Waals surface area contributed by atoms with Gasteiger partial charge in [0.15, 0.2) is 0 Å². The Morgan fingerprint density at radius 2 is 2.00 bits per heavy atom. The average molecular weight is 262 g/mol. The van der Waals surface area contributed by atoms with Crippen LogP contribution in [0.2, 0.25) is 0 Å². The standard InChI is InChI=1S/C15H19FN2O/c16-13-5-3-4-12(10-13)15(19)18-9-6-14(11-18)17-7-1-2-8-17/h3-5,10,14H,1-2,6-9,11H2. The highest BCUT2D eigenvalue weighted by atomic mass is 19.1. The Bertz CT molecular complexity index is 471. The lowest BCUT2D eigenvalue weighted by Crippen LogP contribution is -2.37. The lowest BCUT2D eigenvalue weighted by Gasteiger charge is -2.23. The van der Waals surface area contributed by atoms with Crippen molar-refractivity contribution < 1.29 is 9.18 Å². The average Bonchev–Trinajstić information content (AvgIpc) is 3.08. The van der Waals surface area contributed by atoms with Crippen LogP contribution in [0.25, 0.3) is 0 Å². The summed E-state index contributed by atoms with van der Waals surface area (Å²) in [6.45, 7) is 3.89. The quantitative estimate of drug-likeness (QED) is 0.815. The Kier molecular flexibility index (Phi) is 3.51. The summed E-state index contributed by atoms with van der Waals surface area (Å²) in [5, 5.41) is 0. The number of nitrogens with zero attached hydrogens (tertiary/aromatic N) is 2. The second-order valence-corrected chi connectivity index (χ2v) is 5.45. The summed E-state index contributed by atoms with van der Waals surface area (Å²) in [4.78, 5) is 16.6. The lowest BCUT2D eigenvalue weighted by molar-refractivity contribution is 0.0779. The Hall–Kier alpha value is -1.42. The summed E-state index contributed by atoms with van der Waals surface area (Å²) in [5.41, 5.74) is 0.460. The van der Waals surface area contributed by atoms with Crippen molar-refractivity contribution in [3.05, 3.63) is 35.6 Å². The van der Waals surface area contributed by atoms with E-state index in [-0.39, 0.29) is 11.7 Å². The second kappa shape index (κ2) is 5.29. The van der Waals surface area contributed by atoms with E-state index < -0.39 is 0 Å². The van der Waals surface area contributed by atoms with Gasteiger partial charge in [-0.3, -0.25) is 9.69 Å². The topological polar surface area (TPSA) is 23.6 Å². The van der Waals surface area contributed by atoms with Gasteiger partial charge in [0.1, 0.15) is 5.82 Å². The molecular formula is C15H19FN2O. The van der Waals surface area contributed by atoms with E-state index in [9.17, 15) is 9.18 Å². The molecule has 3 nitrogen and oxygen atoms in total. The molecule has 1 aromatic carbocycles. The first-order chi connectivity index (χ1) is 9.24. The fourth-order valence-corrected chi connectivity index (χ4v) is 3.14. The molecular weight excluding hydrogens is 243 g/mol. The molecule has 0 aromatic heterocycles. The molecule has 1 unspecified atom stereocenters. The van der Waals surface area contributed by atoms with E-state index in [1.165, 1.54) is 25.0 Å². The van der Waals surface area contributed by atoms with Crippen molar-refractivity contribution in [2.75, 3.05) is 26.2 Å². The summed E-state index contributed by atoms with van der Waals surface area (Å²) in [6.07, 6.45) is 3.59. The molecule has 3 rings (SSSR count). The first-order valence-corrected chi connectivity index (χ1v) is 7.03. The second-order valence-electron chi connectivity index (χ2n) is 5.45. The van der Waals surface area contributed by atoms with E-state index in [1.807, 2.05) is 4.90 Å². The van der Waals surface area contributed by atoms with Gasteiger partial charge >= 0.3 is 0 Å². The Morgan fingerprint density at radius 1 is 1.21 bits per heavy atom. The van der Waals surface area contributed by atoms with Crippen LogP contribution in [0, 0.1) is 5.82 Å². The van der Waals surface area contributed by atoms with E-state index in [1.54, 1.807) is 12.1 Å². The van der Waals surface area contributed by atoms with Gasteiger partial charge in [-0.05, 0) is 50.6 Å². The lowest BCUT2D eigenvalue weighted by atomic mass is 10.2. The molecule has 2 fully saturated rings. The van der Waals surface area contributed by atoms with E-state index in [0.29, 0.717) is 11.6 Å². The zero-order valence-corrected chi connectivity index (χ0v) is 11.0. The maximum absolute atomic E-state index is 13.2. The monoisotopic (exact) mass is 262 g/mol. The number of amides is 1. The Morgan fingerprint density at radius 3 is 2.74 bits per heavy atom. The first kappa shape index (κ1) is 12.6. The molecule has 1 atom stereocenters. The molecule has 1 aromatic rings. The minimum atomic E-state index is -0.346. The van der Waals surface area contributed by atoms with Crippen LogP contribution in [0.1, 0.15) is 29.6 Å². The predicted octanol–water partition coefficient (Wildman–Crippen LogP) is 2.14. The van der Waals surface area contributed by atoms with Gasteiger partial charge in [-0.1, -0.05) is 6.07 Å². The molecule has 0 spiro atoms. The van der Waals surface area contributed by atoms with E-state index in [0.717, 1.165) is 32.6 Å². The molecule has 102 valence electrons. The van der Waals surface area contributed by atoms with Gasteiger partial charge < -0.3 is 4.90 Å². The van der Waals surface area contributed by atoms with Crippen molar-refractivity contribution in [2.24, 2.45) is 0 Å². The normalized spacial score (nSPS) is 24.1. The van der Waals surface area contributed by atoms with E-state index >= 15 is 0 Å². The summed E-state index contributed by atoms with van der Waals surface area (Å²) in [5.74, 6) is -0.387. The minimum absolute atomic E-state index is 0.0406. The van der Waals surface area contributed by atoms with Crippen LogP contribution < -0.4 is 0 Å². The highest BCUT2D eigenvalue weighted by molar-refractivity contribution is 5.94. The SMILES string of the molecule is O=C(c1cccc(F)c1)N1CCC(N2CCCC2)C1. The van der Waals surface area contributed by atoms with Crippen molar-refractivity contribution in [3.63, 3.8) is 0 Å². The largest absolute Gasteiger partial charge is 0.337 e. The third kappa shape index (κ3) is 2.63. The van der Waals surface area contributed by atoms with Gasteiger partial charge in [0.05, 0.1) is 0 Å². The van der Waals surface area contributed by atoms with Gasteiger partial charge in [-0.25, -0.2) is 4.39 Å². The minimum Gasteiger partial charge on any atom is -0.337 e. The van der Waals surface area contributed by atoms with Crippen LogP contribution in [0.3, 0.4) is 0 Å². The molecule has 4 heteroatoms. The van der Waals surface area contributed by atoms with Crippen LogP contribution >= 0.6 is 0 Å². The molecule has 2 aliphatic heterocycles. The highest BCUT2D eigenvalue weighted by Gasteiger charge is 2.31. The van der Waals surface area contributed by atoms with Gasteiger partial charge in [-0.15, -0.1) is 0 Å². The van der Waals surface area contributed by atoms with Gasteiger partial charge in [0.25, 0.3) is 5.91 Å². The molecule has 0 N–H and O–H groups in total. The molecule has 19 heavy (non-hydrogen) atoms. The number of benzene rings is 1. The third-order valence-corrected chi connectivity index (χ3v) is 4.18. The van der Waals surface area contributed by atoms with Crippen molar-refractivity contribution in [3.8, 4) is 0 Å². The predicted molar refractivity (Wildman–Crippen MR) is 71.5 cm³/mol. The van der Waals surface area contributed by atoms with Gasteiger partial charge in [0, 0.05) is 24.7 Å². The molecule has 1 amide bonds. The number of hydrogen-bond acceptors (Lipinski definition) is 2. The number of rotatable bonds is 2. The first-order valence-electron chi connectivity index (χ1n) is 7.03. The Balaban J connectivity index is 1.65. The van der Waals surface area contributed by atoms with Crippen LogP contribution in [0.15, 0.2) is 24.3 Å². The van der Waals surface area contributed by atoms with E-state index in [2.05, 4.69) is 4.90 Å². The van der Waals surface area contributed by atoms with E-state index in [4.69, 9.17) is 0 Å². The van der Waals surface area contributed by atoms with Crippen LogP contribution in [-0.4, -0.2) is 47.9 Å². The zero-order valence-electron chi connectivity index (χ0n) is 11.0. The molecule has 2 aliphatic rings. The van der Waals surface area contributed by atoms with Crippen LogP contribution in [0.4, 0.5) is 4.39 Å². The molecule has 0 aliphatic carbocycles. The highest BCUT2D eigenvalue weighted by Crippen LogP contribution is 2.21. The number of likely N-dealkylation sites (tertiary alicyclic amines) is 2. The number of halogens is 1. The molecule has 0 radical (unpaired) electrons. The molecule has 0 bridgehead atoms. The van der Waals surface area contributed by atoms with Crippen molar-refractivity contribution in [1.82, 2.24) is 9.80 Å². The fraction of sp³-hybridized carbons (Fsp3) is 0.533. The zero-order chi connectivity index (χ0) is 13.2. The molecule has 2 saturated heterocycles. The molecule has 2 heterocycles. The summed E-state index contributed by atoms with van der Waals surface area (Å²) >= 11 is 0. The number of hydrogen-bond donors (Lipinski definition) is 0. The molecule has 0 saturated carbocycles. The summed E-state index contributed by atoms with van der Waals surface area (Å²) in [6, 6.07) is 6.48. The van der Waals surface area contributed by atoms with Crippen LogP contribution in [0.5, 0.6) is 0 Å². The van der Waals surface area contributed by atoms with Crippen molar-refractivity contribution in [1.29, 1.82) is 0 Å². The maximum atomic E-state index is 13.2. The van der Waals surface area contributed by atoms with Gasteiger partial charge in [0.2, 0.25) is 0 Å². The third-order valence-electron chi connectivity index (χ3n) is 4.18. The summed E-state index contributed by atoms with van der Waals surface area (Å²) < 4.78 is 13.2. The fourth-order valence-electron chi connectivity index (χ4n) is 3.14. The Labute approximate surface area is 113 Å². The number of carbonyl (C=O) groups is 1. The van der Waals surface area contributed by atoms with Crippen molar-refractivity contribution in [2.45, 2.75) is 25.3 Å². The smallest absolute Gasteiger partial charge is 0.254 e. The van der Waals surface area contributed by atoms with Crippen molar-refractivity contribution >= 4 is 5.91 Å². The van der Waals surface area contributed by atoms with Crippen LogP contribution in [-0.2, 0) is 0 Å². The van der Waals surface area contributed by atoms with Gasteiger partial charge in [-0.2, -0.15) is 0 Å². The maximum Gasteiger partial charge on any atom is 0.254 e.